The van der Waals surface area contributed by atoms with Crippen molar-refractivity contribution < 1.29 is 19.1 Å². The van der Waals surface area contributed by atoms with Gasteiger partial charge in [-0.25, -0.2) is 0 Å². The van der Waals surface area contributed by atoms with Gasteiger partial charge in [0.25, 0.3) is 11.8 Å². The van der Waals surface area contributed by atoms with Gasteiger partial charge in [-0.2, -0.15) is 0 Å². The van der Waals surface area contributed by atoms with Gasteiger partial charge in [-0.3, -0.25) is 14.5 Å². The average molecular weight is 519 g/mol. The first-order valence-electron chi connectivity index (χ1n) is 11.3. The molecule has 0 spiro atoms. The number of rotatable bonds is 7. The number of nitrogens with zero attached hydrogens (tertiary/aromatic N) is 1. The van der Waals surface area contributed by atoms with Gasteiger partial charge < -0.3 is 14.8 Å². The molecule has 1 N–H and O–H groups in total. The van der Waals surface area contributed by atoms with Crippen LogP contribution >= 0.6 is 24.0 Å². The van der Waals surface area contributed by atoms with Gasteiger partial charge in [0.1, 0.15) is 0 Å². The summed E-state index contributed by atoms with van der Waals surface area (Å²) in [7, 11) is 1.53. The maximum atomic E-state index is 13.1. The Bertz CT molecular complexity index is 1360. The van der Waals surface area contributed by atoms with E-state index >= 15 is 0 Å². The summed E-state index contributed by atoms with van der Waals surface area (Å²) < 4.78 is 11.7. The molecule has 1 aliphatic heterocycles. The lowest BCUT2D eigenvalue weighted by Gasteiger charge is -2.16. The predicted molar refractivity (Wildman–Crippen MR) is 150 cm³/mol. The summed E-state index contributed by atoms with van der Waals surface area (Å²) in [4.78, 5) is 27.7. The van der Waals surface area contributed by atoms with Crippen molar-refractivity contribution in [3.05, 3.63) is 87.8 Å². The quantitative estimate of drug-likeness (QED) is 0.304. The Morgan fingerprint density at radius 1 is 1.00 bits per heavy atom. The Labute approximate surface area is 220 Å². The van der Waals surface area contributed by atoms with Gasteiger partial charge in [0, 0.05) is 5.69 Å². The van der Waals surface area contributed by atoms with E-state index in [2.05, 4.69) is 5.32 Å². The highest BCUT2D eigenvalue weighted by Crippen LogP contribution is 2.38. The van der Waals surface area contributed by atoms with Gasteiger partial charge in [0.15, 0.2) is 22.4 Å². The topological polar surface area (TPSA) is 67.9 Å². The van der Waals surface area contributed by atoms with Crippen LogP contribution in [0, 0.1) is 20.8 Å². The standard InChI is InChI=1S/C28H26N2O4S2/c1-17-8-5-6-11-21(17)30-27(32)24(36-28(30)35)15-20-12-13-22(23(14-20)33-4)34-16-25(31)29-26-18(2)9-7-10-19(26)3/h5-15H,16H2,1-4H3,(H,29,31)/b24-15-. The molecular formula is C28H26N2O4S2. The molecule has 0 radical (unpaired) electrons. The maximum absolute atomic E-state index is 13.1. The first-order chi connectivity index (χ1) is 17.3. The first-order valence-corrected chi connectivity index (χ1v) is 12.5. The number of amides is 2. The number of anilines is 2. The van der Waals surface area contributed by atoms with Gasteiger partial charge >= 0.3 is 0 Å². The van der Waals surface area contributed by atoms with Crippen LogP contribution in [0.5, 0.6) is 11.5 Å². The Morgan fingerprint density at radius 3 is 2.39 bits per heavy atom. The summed E-state index contributed by atoms with van der Waals surface area (Å²) >= 11 is 6.75. The van der Waals surface area contributed by atoms with E-state index in [1.807, 2.05) is 69.3 Å². The lowest BCUT2D eigenvalue weighted by Crippen LogP contribution is -2.28. The molecule has 4 rings (SSSR count). The molecule has 1 fully saturated rings. The van der Waals surface area contributed by atoms with Crippen LogP contribution in [-0.4, -0.2) is 29.9 Å². The lowest BCUT2D eigenvalue weighted by molar-refractivity contribution is -0.118. The van der Waals surface area contributed by atoms with Crippen LogP contribution in [-0.2, 0) is 9.59 Å². The third-order valence-corrected chi connectivity index (χ3v) is 7.04. The Hall–Kier alpha value is -3.62. The van der Waals surface area contributed by atoms with Crippen molar-refractivity contribution in [2.75, 3.05) is 23.9 Å². The minimum atomic E-state index is -0.265. The molecule has 1 heterocycles. The molecule has 0 saturated carbocycles. The third kappa shape index (κ3) is 5.45. The number of aryl methyl sites for hydroxylation is 3. The highest BCUT2D eigenvalue weighted by atomic mass is 32.2. The fourth-order valence-corrected chi connectivity index (χ4v) is 5.15. The summed E-state index contributed by atoms with van der Waals surface area (Å²) in [6.07, 6.45) is 1.78. The van der Waals surface area contributed by atoms with Crippen molar-refractivity contribution in [1.82, 2.24) is 0 Å². The Kier molecular flexibility index (Phi) is 7.76. The van der Waals surface area contributed by atoms with E-state index in [4.69, 9.17) is 21.7 Å². The first kappa shape index (κ1) is 25.5. The maximum Gasteiger partial charge on any atom is 0.270 e. The zero-order chi connectivity index (χ0) is 25.8. The monoisotopic (exact) mass is 518 g/mol. The molecule has 0 atom stereocenters. The van der Waals surface area contributed by atoms with Gasteiger partial charge in [-0.15, -0.1) is 0 Å². The summed E-state index contributed by atoms with van der Waals surface area (Å²) in [6, 6.07) is 18.8. The van der Waals surface area contributed by atoms with E-state index in [-0.39, 0.29) is 18.4 Å². The summed E-state index contributed by atoms with van der Waals surface area (Å²) in [5.41, 5.74) is 5.26. The number of thiocarbonyl (C=S) groups is 1. The van der Waals surface area contributed by atoms with Gasteiger partial charge in [0.05, 0.1) is 17.7 Å². The molecule has 1 aliphatic rings. The number of nitrogens with one attached hydrogen (secondary N) is 1. The van der Waals surface area contributed by atoms with Crippen LogP contribution in [0.3, 0.4) is 0 Å². The molecule has 0 bridgehead atoms. The van der Waals surface area contributed by atoms with Crippen LogP contribution in [0.1, 0.15) is 22.3 Å². The lowest BCUT2D eigenvalue weighted by atomic mass is 10.1. The molecule has 36 heavy (non-hydrogen) atoms. The summed E-state index contributed by atoms with van der Waals surface area (Å²) in [5, 5.41) is 2.91. The number of carbonyl (C=O) groups is 2. The zero-order valence-electron chi connectivity index (χ0n) is 20.5. The molecule has 0 unspecified atom stereocenters. The second-order valence-electron chi connectivity index (χ2n) is 8.32. The second-order valence-corrected chi connectivity index (χ2v) is 9.99. The van der Waals surface area contributed by atoms with E-state index in [0.29, 0.717) is 20.7 Å². The van der Waals surface area contributed by atoms with Crippen molar-refractivity contribution in [3.8, 4) is 11.5 Å². The van der Waals surface area contributed by atoms with E-state index in [1.165, 1.54) is 18.9 Å². The number of thioether (sulfide) groups is 1. The Morgan fingerprint density at radius 2 is 1.69 bits per heavy atom. The van der Waals surface area contributed by atoms with Crippen molar-refractivity contribution in [2.24, 2.45) is 0 Å². The van der Waals surface area contributed by atoms with Crippen molar-refractivity contribution in [2.45, 2.75) is 20.8 Å². The molecular weight excluding hydrogens is 492 g/mol. The average Bonchev–Trinajstić information content (AvgIpc) is 3.13. The molecule has 184 valence electrons. The van der Waals surface area contributed by atoms with E-state index in [0.717, 1.165) is 33.6 Å². The van der Waals surface area contributed by atoms with Crippen molar-refractivity contribution >= 4 is 57.6 Å². The fourth-order valence-electron chi connectivity index (χ4n) is 3.86. The number of hydrogen-bond donors (Lipinski definition) is 1. The zero-order valence-corrected chi connectivity index (χ0v) is 22.1. The van der Waals surface area contributed by atoms with Crippen LogP contribution in [0.4, 0.5) is 11.4 Å². The largest absolute Gasteiger partial charge is 0.493 e. The summed E-state index contributed by atoms with van der Waals surface area (Å²) in [5.74, 6) is 0.456. The van der Waals surface area contributed by atoms with Crippen molar-refractivity contribution in [3.63, 3.8) is 0 Å². The molecule has 8 heteroatoms. The van der Waals surface area contributed by atoms with Crippen LogP contribution in [0.2, 0.25) is 0 Å². The number of benzene rings is 3. The molecule has 6 nitrogen and oxygen atoms in total. The van der Waals surface area contributed by atoms with E-state index < -0.39 is 0 Å². The van der Waals surface area contributed by atoms with E-state index in [9.17, 15) is 9.59 Å². The summed E-state index contributed by atoms with van der Waals surface area (Å²) in [6.45, 7) is 5.67. The van der Waals surface area contributed by atoms with Crippen LogP contribution < -0.4 is 19.7 Å². The highest BCUT2D eigenvalue weighted by Gasteiger charge is 2.34. The number of ether oxygens (including phenoxy) is 2. The van der Waals surface area contributed by atoms with Gasteiger partial charge in [-0.1, -0.05) is 66.4 Å². The smallest absolute Gasteiger partial charge is 0.270 e. The van der Waals surface area contributed by atoms with Gasteiger partial charge in [-0.05, 0) is 67.3 Å². The molecule has 3 aromatic carbocycles. The van der Waals surface area contributed by atoms with E-state index in [1.54, 1.807) is 23.1 Å². The van der Waals surface area contributed by atoms with Crippen LogP contribution in [0.25, 0.3) is 6.08 Å². The SMILES string of the molecule is COc1cc(/C=C2\SC(=S)N(c3ccccc3C)C2=O)ccc1OCC(=O)Nc1c(C)cccc1C. The molecule has 2 amide bonds. The predicted octanol–water partition coefficient (Wildman–Crippen LogP) is 6.04. The van der Waals surface area contributed by atoms with Gasteiger partial charge in [0.2, 0.25) is 0 Å². The fraction of sp³-hybridized carbons (Fsp3) is 0.179. The van der Waals surface area contributed by atoms with Crippen LogP contribution in [0.15, 0.2) is 65.6 Å². The minimum absolute atomic E-state index is 0.165. The number of para-hydroxylation sites is 2. The third-order valence-electron chi connectivity index (χ3n) is 5.74. The molecule has 0 aromatic heterocycles. The minimum Gasteiger partial charge on any atom is -0.493 e. The van der Waals surface area contributed by atoms with Crippen molar-refractivity contribution in [1.29, 1.82) is 0 Å². The number of methoxy groups -OCH3 is 1. The molecule has 3 aromatic rings. The Balaban J connectivity index is 1.47. The molecule has 1 saturated heterocycles. The number of carbonyl (C=O) groups excluding carboxylic acids is 2. The highest BCUT2D eigenvalue weighted by molar-refractivity contribution is 8.27. The number of hydrogen-bond acceptors (Lipinski definition) is 6. The normalized spacial score (nSPS) is 14.3. The second kappa shape index (κ2) is 11.0. The molecule has 0 aliphatic carbocycles.